The van der Waals surface area contributed by atoms with Crippen LogP contribution in [0.15, 0.2) is 30.6 Å². The van der Waals surface area contributed by atoms with Crippen LogP contribution in [0.4, 0.5) is 0 Å². The zero-order valence-corrected chi connectivity index (χ0v) is 10.9. The number of fused-ring (bicyclic) bond motifs is 1. The van der Waals surface area contributed by atoms with E-state index in [-0.39, 0.29) is 36.0 Å². The van der Waals surface area contributed by atoms with Crippen molar-refractivity contribution in [3.05, 3.63) is 30.6 Å². The Morgan fingerprint density at radius 3 is 2.60 bits per heavy atom. The molecule has 0 unspecified atom stereocenters. The number of nitrogens with zero attached hydrogens (tertiary/aromatic N) is 1. The number of H-pyrrole nitrogens is 1. The van der Waals surface area contributed by atoms with Crippen molar-refractivity contribution in [1.29, 1.82) is 0 Å². The van der Waals surface area contributed by atoms with E-state index >= 15 is 0 Å². The number of aromatic nitrogens is 2. The normalized spacial score (nSPS) is 8.60. The predicted octanol–water partition coefficient (Wildman–Crippen LogP) is -2.29. The van der Waals surface area contributed by atoms with Gasteiger partial charge in [-0.1, -0.05) is 19.1 Å². The van der Waals surface area contributed by atoms with E-state index in [2.05, 4.69) is 9.97 Å². The number of carbonyl (C=O) groups is 1. The average Bonchev–Trinajstić information content (AvgIpc) is 2.66. The van der Waals surface area contributed by atoms with E-state index in [4.69, 9.17) is 0 Å². The number of rotatable bonds is 1. The largest absolute Gasteiger partial charge is 1.00 e. The van der Waals surface area contributed by atoms with Crippen LogP contribution in [0.2, 0.25) is 0 Å². The summed E-state index contributed by atoms with van der Waals surface area (Å²) in [6.45, 7) is 1.54. The second-order valence-corrected chi connectivity index (χ2v) is 2.65. The Bertz CT molecular complexity index is 384. The molecule has 0 radical (unpaired) electrons. The summed E-state index contributed by atoms with van der Waals surface area (Å²) in [4.78, 5) is 16.3. The van der Waals surface area contributed by atoms with Crippen molar-refractivity contribution in [3.63, 3.8) is 0 Å². The standard InChI is InChI=1S/C7H6N2.C3H6O2.Na/c1-2-4-7-6(3-1)8-5-9-7;1-2-3(4)5;/h1-5H,(H,8,9);2H2,1H3,(H,4,5);/q;;+1/p-1. The number of imidazole rings is 1. The van der Waals surface area contributed by atoms with E-state index in [9.17, 15) is 9.90 Å². The molecule has 4 nitrogen and oxygen atoms in total. The van der Waals surface area contributed by atoms with E-state index in [0.29, 0.717) is 0 Å². The van der Waals surface area contributed by atoms with Crippen molar-refractivity contribution in [1.82, 2.24) is 9.97 Å². The average molecular weight is 214 g/mol. The molecule has 0 aliphatic carbocycles. The molecule has 0 aliphatic rings. The molecule has 0 spiro atoms. The molecule has 0 aliphatic heterocycles. The SMILES string of the molecule is CCC(=O)[O-].[Na+].c1ccc2[nH]cnc2c1. The van der Waals surface area contributed by atoms with Crippen molar-refractivity contribution in [3.8, 4) is 0 Å². The van der Waals surface area contributed by atoms with Gasteiger partial charge in [0, 0.05) is 5.97 Å². The van der Waals surface area contributed by atoms with Crippen molar-refractivity contribution < 1.29 is 39.5 Å². The van der Waals surface area contributed by atoms with Crippen molar-refractivity contribution in [2.75, 3.05) is 0 Å². The number of para-hydroxylation sites is 2. The molecule has 1 N–H and O–H groups in total. The molecule has 0 saturated heterocycles. The third-order valence-corrected chi connectivity index (χ3v) is 1.62. The third kappa shape index (κ3) is 4.97. The molecule has 0 amide bonds. The zero-order valence-electron chi connectivity index (χ0n) is 8.86. The van der Waals surface area contributed by atoms with E-state index < -0.39 is 5.97 Å². The predicted molar refractivity (Wildman–Crippen MR) is 51.4 cm³/mol. The Morgan fingerprint density at radius 1 is 1.47 bits per heavy atom. The van der Waals surface area contributed by atoms with E-state index in [0.717, 1.165) is 11.0 Å². The van der Waals surface area contributed by atoms with Gasteiger partial charge in [-0.25, -0.2) is 4.98 Å². The van der Waals surface area contributed by atoms with Gasteiger partial charge in [0.05, 0.1) is 17.4 Å². The Hall–Kier alpha value is -0.840. The number of carbonyl (C=O) groups excluding carboxylic acids is 1. The Labute approximate surface area is 110 Å². The van der Waals surface area contributed by atoms with Gasteiger partial charge in [-0.05, 0) is 18.6 Å². The minimum absolute atomic E-state index is 0. The number of hydrogen-bond donors (Lipinski definition) is 1. The maximum atomic E-state index is 9.26. The molecular formula is C10H11N2NaO2. The van der Waals surface area contributed by atoms with Crippen LogP contribution in [-0.2, 0) is 4.79 Å². The van der Waals surface area contributed by atoms with Gasteiger partial charge in [0.15, 0.2) is 0 Å². The minimum atomic E-state index is -0.995. The van der Waals surface area contributed by atoms with Crippen LogP contribution in [0.1, 0.15) is 13.3 Å². The fourth-order valence-corrected chi connectivity index (χ4v) is 0.880. The van der Waals surface area contributed by atoms with Gasteiger partial charge in [-0.3, -0.25) is 0 Å². The molecule has 0 bridgehead atoms. The summed E-state index contributed by atoms with van der Waals surface area (Å²) in [6, 6.07) is 7.94. The number of aliphatic carboxylic acids is 1. The number of aromatic amines is 1. The number of nitrogens with one attached hydrogen (secondary N) is 1. The quantitative estimate of drug-likeness (QED) is 0.543. The van der Waals surface area contributed by atoms with Gasteiger partial charge in [-0.15, -0.1) is 0 Å². The maximum Gasteiger partial charge on any atom is 1.00 e. The Morgan fingerprint density at radius 2 is 2.07 bits per heavy atom. The summed E-state index contributed by atoms with van der Waals surface area (Å²) in [5, 5.41) is 9.26. The molecule has 74 valence electrons. The number of hydrogen-bond acceptors (Lipinski definition) is 3. The number of benzene rings is 1. The zero-order chi connectivity index (χ0) is 10.4. The fraction of sp³-hybridized carbons (Fsp3) is 0.200. The first-order valence-corrected chi connectivity index (χ1v) is 4.32. The monoisotopic (exact) mass is 214 g/mol. The second-order valence-electron chi connectivity index (χ2n) is 2.65. The van der Waals surface area contributed by atoms with Crippen LogP contribution in [0, 0.1) is 0 Å². The van der Waals surface area contributed by atoms with Crippen molar-refractivity contribution >= 4 is 17.0 Å². The molecule has 2 aromatic rings. The topological polar surface area (TPSA) is 68.8 Å². The van der Waals surface area contributed by atoms with Gasteiger partial charge in [0.2, 0.25) is 0 Å². The van der Waals surface area contributed by atoms with E-state index in [1.54, 1.807) is 6.33 Å². The summed E-state index contributed by atoms with van der Waals surface area (Å²) in [7, 11) is 0. The van der Waals surface area contributed by atoms with Gasteiger partial charge < -0.3 is 14.9 Å². The Balaban J connectivity index is 0.000000289. The first kappa shape index (κ1) is 14.2. The second kappa shape index (κ2) is 7.45. The van der Waals surface area contributed by atoms with Crippen LogP contribution in [0.25, 0.3) is 11.0 Å². The summed E-state index contributed by atoms with van der Waals surface area (Å²) in [5.41, 5.74) is 2.12. The maximum absolute atomic E-state index is 9.26. The molecule has 0 atom stereocenters. The van der Waals surface area contributed by atoms with Gasteiger partial charge in [-0.2, -0.15) is 0 Å². The van der Waals surface area contributed by atoms with E-state index in [1.165, 1.54) is 6.92 Å². The summed E-state index contributed by atoms with van der Waals surface area (Å²) in [5.74, 6) is -0.995. The molecule has 5 heteroatoms. The summed E-state index contributed by atoms with van der Waals surface area (Å²) < 4.78 is 0. The molecular weight excluding hydrogens is 203 g/mol. The third-order valence-electron chi connectivity index (χ3n) is 1.62. The van der Waals surface area contributed by atoms with Crippen LogP contribution < -0.4 is 34.7 Å². The van der Waals surface area contributed by atoms with Crippen molar-refractivity contribution in [2.45, 2.75) is 13.3 Å². The first-order chi connectivity index (χ1) is 6.74. The summed E-state index contributed by atoms with van der Waals surface area (Å²) in [6.07, 6.45) is 1.81. The number of carboxylic acids is 1. The Kier molecular flexibility index (Phi) is 7.03. The van der Waals surface area contributed by atoms with Gasteiger partial charge >= 0.3 is 29.6 Å². The fourth-order valence-electron chi connectivity index (χ4n) is 0.880. The van der Waals surface area contributed by atoms with E-state index in [1.807, 2.05) is 24.3 Å². The molecule has 2 rings (SSSR count). The molecule has 0 fully saturated rings. The van der Waals surface area contributed by atoms with Crippen LogP contribution in [-0.4, -0.2) is 15.9 Å². The summed E-state index contributed by atoms with van der Waals surface area (Å²) >= 11 is 0. The molecule has 0 saturated carbocycles. The smallest absolute Gasteiger partial charge is 0.550 e. The molecule has 15 heavy (non-hydrogen) atoms. The number of carboxylic acid groups (broad SMARTS) is 1. The van der Waals surface area contributed by atoms with Crippen molar-refractivity contribution in [2.24, 2.45) is 0 Å². The van der Waals surface area contributed by atoms with Crippen LogP contribution in [0.3, 0.4) is 0 Å². The van der Waals surface area contributed by atoms with Crippen LogP contribution >= 0.6 is 0 Å². The van der Waals surface area contributed by atoms with Crippen LogP contribution in [0.5, 0.6) is 0 Å². The molecule has 1 heterocycles. The molecule has 1 aromatic heterocycles. The molecule has 1 aromatic carbocycles. The minimum Gasteiger partial charge on any atom is -0.550 e. The first-order valence-electron chi connectivity index (χ1n) is 4.32. The van der Waals surface area contributed by atoms with Gasteiger partial charge in [0.1, 0.15) is 0 Å². The van der Waals surface area contributed by atoms with Gasteiger partial charge in [0.25, 0.3) is 0 Å².